The maximum Gasteiger partial charge on any atom is 0.243 e. The summed E-state index contributed by atoms with van der Waals surface area (Å²) >= 11 is 0. The molecule has 4 nitrogen and oxygen atoms in total. The Hall–Kier alpha value is -3.06. The quantitative estimate of drug-likeness (QED) is 0.327. The van der Waals surface area contributed by atoms with Crippen molar-refractivity contribution in [2.24, 2.45) is 0 Å². The van der Waals surface area contributed by atoms with Gasteiger partial charge in [-0.15, -0.1) is 40.5 Å². The van der Waals surface area contributed by atoms with Crippen LogP contribution in [-0.2, 0) is 20.1 Å². The second-order valence-corrected chi connectivity index (χ2v) is 6.91. The Morgan fingerprint density at radius 1 is 0.966 bits per heavy atom. The molecule has 0 bridgehead atoms. The summed E-state index contributed by atoms with van der Waals surface area (Å²) in [6, 6.07) is 25.7. The van der Waals surface area contributed by atoms with Crippen LogP contribution in [0, 0.1) is 38.2 Å². The Kier molecular flexibility index (Phi) is 6.08. The number of aryl methyl sites for hydroxylation is 3. The van der Waals surface area contributed by atoms with Crippen molar-refractivity contribution in [2.75, 3.05) is 0 Å². The van der Waals surface area contributed by atoms with Crippen LogP contribution < -0.4 is 0 Å². The van der Waals surface area contributed by atoms with E-state index in [0.717, 1.165) is 33.5 Å². The number of benzene rings is 3. The van der Waals surface area contributed by atoms with Crippen LogP contribution in [0.5, 0.6) is 0 Å². The predicted octanol–water partition coefficient (Wildman–Crippen LogP) is 5.20. The molecule has 29 heavy (non-hydrogen) atoms. The van der Waals surface area contributed by atoms with E-state index < -0.39 is 0 Å². The molecule has 0 fully saturated rings. The summed E-state index contributed by atoms with van der Waals surface area (Å²) in [6.07, 6.45) is 0. The van der Waals surface area contributed by atoms with E-state index >= 15 is 0 Å². The molecular weight excluding hydrogens is 537 g/mol. The van der Waals surface area contributed by atoms with Gasteiger partial charge in [0, 0.05) is 25.7 Å². The molecule has 0 amide bonds. The summed E-state index contributed by atoms with van der Waals surface area (Å²) in [5.74, 6) is 0.753. The summed E-state index contributed by atoms with van der Waals surface area (Å²) in [5, 5.41) is 13.9. The largest absolute Gasteiger partial charge is 0.252 e. The molecule has 0 N–H and O–H groups in total. The first kappa shape index (κ1) is 20.7. The van der Waals surface area contributed by atoms with Crippen molar-refractivity contribution in [2.45, 2.75) is 20.8 Å². The van der Waals surface area contributed by atoms with E-state index in [4.69, 9.17) is 0 Å². The van der Waals surface area contributed by atoms with Crippen LogP contribution in [-0.4, -0.2) is 14.8 Å². The molecule has 145 valence electrons. The summed E-state index contributed by atoms with van der Waals surface area (Å²) in [5.41, 5.74) is 7.24. The molecule has 0 unspecified atom stereocenters. The molecule has 4 rings (SSSR count). The molecule has 1 radical (unpaired) electrons. The van der Waals surface area contributed by atoms with E-state index in [2.05, 4.69) is 60.3 Å². The molecule has 4 aromatic rings. The number of hydrogen-bond donors (Lipinski definition) is 0. The zero-order valence-corrected chi connectivity index (χ0v) is 18.8. The van der Waals surface area contributed by atoms with Gasteiger partial charge >= 0.3 is 0 Å². The Balaban J connectivity index is 0.00000240. The third kappa shape index (κ3) is 4.05. The minimum absolute atomic E-state index is 0. The van der Waals surface area contributed by atoms with Gasteiger partial charge in [-0.1, -0.05) is 48.9 Å². The third-order valence-electron chi connectivity index (χ3n) is 4.66. The van der Waals surface area contributed by atoms with Crippen LogP contribution in [0.15, 0.2) is 60.7 Å². The molecule has 1 heterocycles. The zero-order chi connectivity index (χ0) is 19.7. The van der Waals surface area contributed by atoms with Gasteiger partial charge in [-0.05, 0) is 31.0 Å². The number of hydrogen-bond acceptors (Lipinski definition) is 3. The van der Waals surface area contributed by atoms with E-state index in [0.29, 0.717) is 5.82 Å². The molecule has 0 spiro atoms. The average Bonchev–Trinajstić information content (AvgIpc) is 3.12. The number of nitrogens with zero attached hydrogens (tertiary/aromatic N) is 4. The fourth-order valence-electron chi connectivity index (χ4n) is 3.41. The fourth-order valence-corrected chi connectivity index (χ4v) is 3.41. The van der Waals surface area contributed by atoms with Crippen molar-refractivity contribution in [1.82, 2.24) is 14.8 Å². The minimum atomic E-state index is 0. The molecule has 0 atom stereocenters. The van der Waals surface area contributed by atoms with Crippen molar-refractivity contribution in [3.05, 3.63) is 89.2 Å². The summed E-state index contributed by atoms with van der Waals surface area (Å²) in [7, 11) is 0. The predicted molar refractivity (Wildman–Crippen MR) is 110 cm³/mol. The van der Waals surface area contributed by atoms with Gasteiger partial charge in [0.05, 0.1) is 11.5 Å². The molecule has 0 saturated carbocycles. The van der Waals surface area contributed by atoms with Crippen molar-refractivity contribution >= 4 is 0 Å². The van der Waals surface area contributed by atoms with Gasteiger partial charge in [0.15, 0.2) is 0 Å². The van der Waals surface area contributed by atoms with Gasteiger partial charge in [0.25, 0.3) is 0 Å². The first-order valence-electron chi connectivity index (χ1n) is 9.10. The number of nitriles is 1. The Bertz CT molecular complexity index is 1190. The Morgan fingerprint density at radius 3 is 2.38 bits per heavy atom. The van der Waals surface area contributed by atoms with Crippen molar-refractivity contribution in [1.29, 1.82) is 5.26 Å². The molecular formula is C24H19IrN4-. The van der Waals surface area contributed by atoms with Crippen molar-refractivity contribution in [3.63, 3.8) is 0 Å². The second-order valence-electron chi connectivity index (χ2n) is 6.91. The molecule has 3 aromatic carbocycles. The van der Waals surface area contributed by atoms with Gasteiger partial charge in [-0.3, -0.25) is 4.68 Å². The summed E-state index contributed by atoms with van der Waals surface area (Å²) in [6.45, 7) is 6.16. The van der Waals surface area contributed by atoms with Crippen molar-refractivity contribution in [3.8, 4) is 34.3 Å². The molecule has 0 aliphatic heterocycles. The average molecular weight is 556 g/mol. The monoisotopic (exact) mass is 556 g/mol. The molecule has 5 heteroatoms. The van der Waals surface area contributed by atoms with Gasteiger partial charge in [0.1, 0.15) is 6.07 Å². The Morgan fingerprint density at radius 2 is 1.72 bits per heavy atom. The van der Waals surface area contributed by atoms with Gasteiger partial charge in [-0.25, -0.2) is 4.98 Å². The van der Waals surface area contributed by atoms with E-state index in [1.807, 2.05) is 43.3 Å². The van der Waals surface area contributed by atoms with Gasteiger partial charge in [0.2, 0.25) is 5.82 Å². The second kappa shape index (κ2) is 8.53. The minimum Gasteiger partial charge on any atom is -0.252 e. The topological polar surface area (TPSA) is 54.5 Å². The summed E-state index contributed by atoms with van der Waals surface area (Å²) < 4.78 is 1.77. The first-order chi connectivity index (χ1) is 13.6. The van der Waals surface area contributed by atoms with Crippen LogP contribution in [0.1, 0.15) is 22.5 Å². The van der Waals surface area contributed by atoms with Crippen LogP contribution in [0.25, 0.3) is 28.2 Å². The fraction of sp³-hybridized carbons (Fsp3) is 0.125. The van der Waals surface area contributed by atoms with Crippen LogP contribution in [0.4, 0.5) is 0 Å². The van der Waals surface area contributed by atoms with Gasteiger partial charge in [-0.2, -0.15) is 5.26 Å². The van der Waals surface area contributed by atoms with Crippen molar-refractivity contribution < 1.29 is 20.1 Å². The summed E-state index contributed by atoms with van der Waals surface area (Å²) in [4.78, 5) is 4.46. The van der Waals surface area contributed by atoms with Crippen LogP contribution in [0.3, 0.4) is 0 Å². The molecule has 0 aliphatic carbocycles. The maximum absolute atomic E-state index is 9.41. The molecule has 0 aliphatic rings. The number of rotatable bonds is 3. The first-order valence-corrected chi connectivity index (χ1v) is 9.10. The van der Waals surface area contributed by atoms with E-state index in [9.17, 15) is 5.26 Å². The van der Waals surface area contributed by atoms with E-state index in [-0.39, 0.29) is 25.9 Å². The zero-order valence-electron chi connectivity index (χ0n) is 16.4. The number of aromatic nitrogens is 3. The maximum atomic E-state index is 9.41. The normalized spacial score (nSPS) is 10.3. The SMILES string of the molecule is Cc1c[c-]c(-c2nc(C#N)nn2-c2c(C)cc(C)cc2-c2ccccc2)cc1.[Ir]. The third-order valence-corrected chi connectivity index (χ3v) is 4.66. The van der Waals surface area contributed by atoms with Crippen LogP contribution >= 0.6 is 0 Å². The van der Waals surface area contributed by atoms with Gasteiger partial charge < -0.3 is 0 Å². The smallest absolute Gasteiger partial charge is 0.243 e. The molecule has 0 saturated heterocycles. The van der Waals surface area contributed by atoms with Crippen LogP contribution in [0.2, 0.25) is 0 Å². The van der Waals surface area contributed by atoms with E-state index in [1.165, 1.54) is 5.56 Å². The molecule has 1 aromatic heterocycles. The Labute approximate surface area is 184 Å². The van der Waals surface area contributed by atoms with E-state index in [1.54, 1.807) is 4.68 Å². The standard InChI is InChI=1S/C24H19N4.Ir/c1-16-9-11-20(12-10-16)24-26-22(15-25)27-28(24)23-18(3)13-17(2)14-21(23)19-7-5-4-6-8-19;/h4-11,13-14H,1-3H3;/q-1;.